The lowest BCUT2D eigenvalue weighted by Gasteiger charge is -2.26. The maximum Gasteiger partial charge on any atom is 0.573 e. The predicted molar refractivity (Wildman–Crippen MR) is 78.0 cm³/mol. The average molecular weight is 343 g/mol. The Morgan fingerprint density at radius 3 is 2.46 bits per heavy atom. The molecule has 0 aromatic heterocycles. The topological polar surface area (TPSA) is 64.6 Å². The first-order chi connectivity index (χ1) is 11.2. The fourth-order valence-electron chi connectivity index (χ4n) is 2.57. The van der Waals surface area contributed by atoms with E-state index in [1.807, 2.05) is 0 Å². The minimum Gasteiger partial charge on any atom is -0.463 e. The van der Waals surface area contributed by atoms with Crippen LogP contribution in [-0.2, 0) is 14.3 Å². The van der Waals surface area contributed by atoms with Crippen LogP contribution < -0.4 is 10.1 Å². The van der Waals surface area contributed by atoms with Crippen molar-refractivity contribution in [1.29, 1.82) is 0 Å². The Hall–Kier alpha value is -2.51. The second-order valence-corrected chi connectivity index (χ2v) is 5.18. The van der Waals surface area contributed by atoms with Gasteiger partial charge in [-0.3, -0.25) is 4.79 Å². The summed E-state index contributed by atoms with van der Waals surface area (Å²) in [6.45, 7) is 3.42. The maximum absolute atomic E-state index is 12.2. The van der Waals surface area contributed by atoms with Gasteiger partial charge in [-0.25, -0.2) is 4.79 Å². The van der Waals surface area contributed by atoms with Crippen LogP contribution in [0.3, 0.4) is 0 Å². The SMILES string of the molecule is CCOC(=O)C1=C(C)NC(=O)CC1c1ccc(OC(F)(F)F)cc1. The molecule has 0 radical (unpaired) electrons. The monoisotopic (exact) mass is 343 g/mol. The van der Waals surface area contributed by atoms with E-state index in [-0.39, 0.29) is 24.7 Å². The van der Waals surface area contributed by atoms with Crippen molar-refractivity contribution in [1.82, 2.24) is 5.32 Å². The normalized spacial score (nSPS) is 18.2. The van der Waals surface area contributed by atoms with Gasteiger partial charge >= 0.3 is 12.3 Å². The summed E-state index contributed by atoms with van der Waals surface area (Å²) >= 11 is 0. The standard InChI is InChI=1S/C16H16F3NO4/c1-3-23-15(22)14-9(2)20-13(21)8-12(14)10-4-6-11(7-5-10)24-16(17,18)19/h4-7,12H,3,8H2,1-2H3,(H,20,21). The summed E-state index contributed by atoms with van der Waals surface area (Å²) in [6, 6.07) is 5.09. The number of allylic oxidation sites excluding steroid dienone is 1. The molecule has 1 amide bonds. The molecule has 2 rings (SSSR count). The van der Waals surface area contributed by atoms with Gasteiger partial charge in [0.05, 0.1) is 12.2 Å². The second kappa shape index (κ2) is 6.94. The number of amides is 1. The van der Waals surface area contributed by atoms with Gasteiger partial charge in [0.1, 0.15) is 5.75 Å². The quantitative estimate of drug-likeness (QED) is 0.854. The van der Waals surface area contributed by atoms with E-state index in [0.717, 1.165) is 12.1 Å². The lowest BCUT2D eigenvalue weighted by Crippen LogP contribution is -2.34. The van der Waals surface area contributed by atoms with E-state index in [2.05, 4.69) is 10.1 Å². The van der Waals surface area contributed by atoms with Gasteiger partial charge in [-0.15, -0.1) is 13.2 Å². The van der Waals surface area contributed by atoms with Gasteiger partial charge in [-0.05, 0) is 31.5 Å². The molecule has 1 N–H and O–H groups in total. The predicted octanol–water partition coefficient (Wildman–Crippen LogP) is 3.03. The van der Waals surface area contributed by atoms with E-state index in [1.165, 1.54) is 12.1 Å². The smallest absolute Gasteiger partial charge is 0.463 e. The summed E-state index contributed by atoms with van der Waals surface area (Å²) in [5, 5.41) is 2.58. The van der Waals surface area contributed by atoms with Gasteiger partial charge in [-0.1, -0.05) is 12.1 Å². The number of carbonyl (C=O) groups is 2. The van der Waals surface area contributed by atoms with Crippen molar-refractivity contribution in [2.75, 3.05) is 6.61 Å². The first-order valence-electron chi connectivity index (χ1n) is 7.24. The third kappa shape index (κ3) is 4.27. The number of nitrogens with one attached hydrogen (secondary N) is 1. The highest BCUT2D eigenvalue weighted by atomic mass is 19.4. The van der Waals surface area contributed by atoms with Crippen molar-refractivity contribution >= 4 is 11.9 Å². The van der Waals surface area contributed by atoms with Gasteiger partial charge in [0, 0.05) is 18.0 Å². The molecule has 5 nitrogen and oxygen atoms in total. The zero-order valence-corrected chi connectivity index (χ0v) is 13.1. The van der Waals surface area contributed by atoms with Crippen molar-refractivity contribution in [3.63, 3.8) is 0 Å². The highest BCUT2D eigenvalue weighted by Gasteiger charge is 2.33. The van der Waals surface area contributed by atoms with E-state index in [0.29, 0.717) is 16.8 Å². The van der Waals surface area contributed by atoms with Gasteiger partial charge in [-0.2, -0.15) is 0 Å². The van der Waals surface area contributed by atoms with E-state index in [4.69, 9.17) is 4.74 Å². The molecule has 1 aromatic carbocycles. The molecule has 1 aromatic rings. The Morgan fingerprint density at radius 1 is 1.29 bits per heavy atom. The molecule has 0 aliphatic carbocycles. The summed E-state index contributed by atoms with van der Waals surface area (Å²) in [4.78, 5) is 23.9. The van der Waals surface area contributed by atoms with Gasteiger partial charge in [0.15, 0.2) is 0 Å². The molecule has 130 valence electrons. The third-order valence-electron chi connectivity index (χ3n) is 3.48. The fraction of sp³-hybridized carbons (Fsp3) is 0.375. The summed E-state index contributed by atoms with van der Waals surface area (Å²) in [7, 11) is 0. The second-order valence-electron chi connectivity index (χ2n) is 5.18. The molecule has 0 saturated heterocycles. The molecule has 1 heterocycles. The van der Waals surface area contributed by atoms with Crippen molar-refractivity contribution in [3.05, 3.63) is 41.1 Å². The number of esters is 1. The summed E-state index contributed by atoms with van der Waals surface area (Å²) in [5.41, 5.74) is 1.20. The van der Waals surface area contributed by atoms with Crippen LogP contribution >= 0.6 is 0 Å². The van der Waals surface area contributed by atoms with E-state index >= 15 is 0 Å². The van der Waals surface area contributed by atoms with Crippen molar-refractivity contribution in [3.8, 4) is 5.75 Å². The van der Waals surface area contributed by atoms with Gasteiger partial charge in [0.25, 0.3) is 0 Å². The van der Waals surface area contributed by atoms with E-state index in [9.17, 15) is 22.8 Å². The first kappa shape index (κ1) is 17.8. The Morgan fingerprint density at radius 2 is 1.92 bits per heavy atom. The first-order valence-corrected chi connectivity index (χ1v) is 7.24. The summed E-state index contributed by atoms with van der Waals surface area (Å²) < 4.78 is 45.4. The number of rotatable bonds is 4. The molecular formula is C16H16F3NO4. The molecule has 1 unspecified atom stereocenters. The molecule has 1 aliphatic rings. The minimum atomic E-state index is -4.78. The van der Waals surface area contributed by atoms with Crippen molar-refractivity contribution < 1.29 is 32.2 Å². The van der Waals surface area contributed by atoms with Gasteiger partial charge < -0.3 is 14.8 Å². The highest BCUT2D eigenvalue weighted by Crippen LogP contribution is 2.34. The zero-order valence-electron chi connectivity index (χ0n) is 13.1. The molecule has 8 heteroatoms. The summed E-state index contributed by atoms with van der Waals surface area (Å²) in [6.07, 6.45) is -4.77. The molecule has 0 saturated carbocycles. The van der Waals surface area contributed by atoms with Crippen molar-refractivity contribution in [2.24, 2.45) is 0 Å². The number of alkyl halides is 3. The zero-order chi connectivity index (χ0) is 17.9. The van der Waals surface area contributed by atoms with E-state index < -0.39 is 18.2 Å². The van der Waals surface area contributed by atoms with Crippen LogP contribution in [0.15, 0.2) is 35.5 Å². The Kier molecular flexibility index (Phi) is 5.16. The van der Waals surface area contributed by atoms with Crippen LogP contribution in [0.25, 0.3) is 0 Å². The molecule has 24 heavy (non-hydrogen) atoms. The van der Waals surface area contributed by atoms with Crippen LogP contribution in [-0.4, -0.2) is 24.8 Å². The van der Waals surface area contributed by atoms with Gasteiger partial charge in [0.2, 0.25) is 5.91 Å². The van der Waals surface area contributed by atoms with Crippen LogP contribution in [0, 0.1) is 0 Å². The molecule has 0 spiro atoms. The molecule has 0 fully saturated rings. The molecule has 1 atom stereocenters. The number of hydrogen-bond acceptors (Lipinski definition) is 4. The van der Waals surface area contributed by atoms with E-state index in [1.54, 1.807) is 13.8 Å². The van der Waals surface area contributed by atoms with Crippen molar-refractivity contribution in [2.45, 2.75) is 32.5 Å². The maximum atomic E-state index is 12.2. The molecular weight excluding hydrogens is 327 g/mol. The largest absolute Gasteiger partial charge is 0.573 e. The lowest BCUT2D eigenvalue weighted by atomic mass is 9.84. The molecule has 1 aliphatic heterocycles. The number of hydrogen-bond donors (Lipinski definition) is 1. The number of ether oxygens (including phenoxy) is 2. The number of halogens is 3. The van der Waals surface area contributed by atoms with Crippen LogP contribution in [0.2, 0.25) is 0 Å². The van der Waals surface area contributed by atoms with Crippen LogP contribution in [0.4, 0.5) is 13.2 Å². The lowest BCUT2D eigenvalue weighted by molar-refractivity contribution is -0.274. The molecule has 0 bridgehead atoms. The number of benzene rings is 1. The highest BCUT2D eigenvalue weighted by molar-refractivity contribution is 5.95. The van der Waals surface area contributed by atoms with Crippen LogP contribution in [0.5, 0.6) is 5.75 Å². The third-order valence-corrected chi connectivity index (χ3v) is 3.48. The number of carbonyl (C=O) groups excluding carboxylic acids is 2. The Bertz CT molecular complexity index is 665. The van der Waals surface area contributed by atoms with Crippen LogP contribution in [0.1, 0.15) is 31.7 Å². The Labute approximate surface area is 136 Å². The Balaban J connectivity index is 2.32. The average Bonchev–Trinajstić information content (AvgIpc) is 2.45. The summed E-state index contributed by atoms with van der Waals surface area (Å²) in [5.74, 6) is -1.79. The minimum absolute atomic E-state index is 0.00492. The fourth-order valence-corrected chi connectivity index (χ4v) is 2.57.